The molecule has 94 valence electrons. The van der Waals surface area contributed by atoms with Gasteiger partial charge in [0.1, 0.15) is 0 Å². The highest BCUT2D eigenvalue weighted by molar-refractivity contribution is 5.83. The third-order valence-electron chi connectivity index (χ3n) is 4.41. The zero-order valence-corrected chi connectivity index (χ0v) is 10.9. The third kappa shape index (κ3) is 2.57. The van der Waals surface area contributed by atoms with E-state index in [-0.39, 0.29) is 16.9 Å². The number of nitrogens with one attached hydrogen (secondary N) is 1. The van der Waals surface area contributed by atoms with Gasteiger partial charge in [0.15, 0.2) is 0 Å². The number of carbonyl (C=O) groups is 1. The van der Waals surface area contributed by atoms with Crippen molar-refractivity contribution < 1.29 is 4.79 Å². The molecule has 1 rings (SSSR count). The van der Waals surface area contributed by atoms with Gasteiger partial charge < -0.3 is 11.1 Å². The van der Waals surface area contributed by atoms with Crippen LogP contribution in [0, 0.1) is 5.41 Å². The molecule has 0 aromatic heterocycles. The highest BCUT2D eigenvalue weighted by atomic mass is 16.2. The molecule has 1 saturated carbocycles. The Kier molecular flexibility index (Phi) is 4.36. The molecular formula is C13H26N2O. The number of hydrogen-bond acceptors (Lipinski definition) is 2. The molecule has 0 atom stereocenters. The molecule has 3 nitrogen and oxygen atoms in total. The van der Waals surface area contributed by atoms with Gasteiger partial charge in [0.2, 0.25) is 5.91 Å². The first-order chi connectivity index (χ1) is 7.52. The van der Waals surface area contributed by atoms with Crippen molar-refractivity contribution in [3.8, 4) is 0 Å². The maximum Gasteiger partial charge on any atom is 0.227 e. The molecular weight excluding hydrogens is 200 g/mol. The maximum absolute atomic E-state index is 12.3. The van der Waals surface area contributed by atoms with Crippen LogP contribution in [0.25, 0.3) is 0 Å². The average molecular weight is 226 g/mol. The Labute approximate surface area is 99.2 Å². The van der Waals surface area contributed by atoms with Crippen LogP contribution < -0.4 is 11.1 Å². The second-order valence-corrected chi connectivity index (χ2v) is 5.41. The minimum atomic E-state index is -0.272. The third-order valence-corrected chi connectivity index (χ3v) is 4.41. The van der Waals surface area contributed by atoms with Crippen molar-refractivity contribution in [2.45, 2.75) is 64.8 Å². The largest absolute Gasteiger partial charge is 0.350 e. The second-order valence-electron chi connectivity index (χ2n) is 5.41. The van der Waals surface area contributed by atoms with Crippen molar-refractivity contribution in [3.63, 3.8) is 0 Å². The van der Waals surface area contributed by atoms with E-state index in [0.717, 1.165) is 38.5 Å². The minimum Gasteiger partial charge on any atom is -0.350 e. The van der Waals surface area contributed by atoms with Crippen molar-refractivity contribution in [1.29, 1.82) is 0 Å². The van der Waals surface area contributed by atoms with Crippen molar-refractivity contribution in [1.82, 2.24) is 5.32 Å². The predicted molar refractivity (Wildman–Crippen MR) is 67.1 cm³/mol. The van der Waals surface area contributed by atoms with Gasteiger partial charge in [-0.15, -0.1) is 0 Å². The van der Waals surface area contributed by atoms with E-state index in [1.165, 1.54) is 0 Å². The normalized spacial score (nSPS) is 19.8. The lowest BCUT2D eigenvalue weighted by Gasteiger charge is -2.34. The number of carbonyl (C=O) groups excluding carboxylic acids is 1. The first-order valence-corrected chi connectivity index (χ1v) is 6.54. The highest BCUT2D eigenvalue weighted by Crippen LogP contribution is 2.38. The monoisotopic (exact) mass is 226 g/mol. The van der Waals surface area contributed by atoms with Crippen molar-refractivity contribution in [3.05, 3.63) is 0 Å². The van der Waals surface area contributed by atoms with Crippen LogP contribution in [-0.4, -0.2) is 18.0 Å². The Bertz CT molecular complexity index is 240. The summed E-state index contributed by atoms with van der Waals surface area (Å²) in [6.07, 6.45) is 6.13. The number of amides is 1. The lowest BCUT2D eigenvalue weighted by atomic mass is 9.83. The summed E-state index contributed by atoms with van der Waals surface area (Å²) in [4.78, 5) is 12.3. The van der Waals surface area contributed by atoms with E-state index in [9.17, 15) is 4.79 Å². The zero-order chi connectivity index (χ0) is 12.2. The summed E-state index contributed by atoms with van der Waals surface area (Å²) < 4.78 is 0. The molecule has 1 aliphatic carbocycles. The molecule has 1 aliphatic rings. The molecule has 0 unspecified atom stereocenters. The van der Waals surface area contributed by atoms with E-state index in [2.05, 4.69) is 26.1 Å². The van der Waals surface area contributed by atoms with E-state index in [0.29, 0.717) is 6.54 Å². The number of nitrogens with two attached hydrogens (primary N) is 1. The van der Waals surface area contributed by atoms with E-state index < -0.39 is 0 Å². The Hall–Kier alpha value is -0.570. The molecule has 0 heterocycles. The van der Waals surface area contributed by atoms with E-state index in [4.69, 9.17) is 5.73 Å². The quantitative estimate of drug-likeness (QED) is 0.755. The molecule has 3 heteroatoms. The van der Waals surface area contributed by atoms with Crippen LogP contribution in [0.3, 0.4) is 0 Å². The lowest BCUT2D eigenvalue weighted by Crippen LogP contribution is -2.53. The van der Waals surface area contributed by atoms with Crippen LogP contribution in [0.5, 0.6) is 0 Å². The van der Waals surface area contributed by atoms with Gasteiger partial charge in [-0.3, -0.25) is 4.79 Å². The summed E-state index contributed by atoms with van der Waals surface area (Å²) in [6.45, 7) is 6.84. The molecule has 0 saturated heterocycles. The molecule has 3 N–H and O–H groups in total. The fraction of sp³-hybridized carbons (Fsp3) is 0.923. The maximum atomic E-state index is 12.3. The molecule has 0 radical (unpaired) electrons. The first kappa shape index (κ1) is 13.5. The van der Waals surface area contributed by atoms with Crippen LogP contribution in [0.15, 0.2) is 0 Å². The fourth-order valence-electron chi connectivity index (χ4n) is 2.41. The predicted octanol–water partition coefficient (Wildman–Crippen LogP) is 2.20. The molecule has 0 aliphatic heterocycles. The van der Waals surface area contributed by atoms with Gasteiger partial charge in [0.05, 0.1) is 5.41 Å². The van der Waals surface area contributed by atoms with Crippen molar-refractivity contribution in [2.24, 2.45) is 11.1 Å². The molecule has 0 aromatic carbocycles. The van der Waals surface area contributed by atoms with E-state index in [1.54, 1.807) is 0 Å². The Morgan fingerprint density at radius 2 is 1.81 bits per heavy atom. The molecule has 16 heavy (non-hydrogen) atoms. The van der Waals surface area contributed by atoms with Crippen molar-refractivity contribution in [2.75, 3.05) is 6.54 Å². The molecule has 0 aromatic rings. The van der Waals surface area contributed by atoms with Gasteiger partial charge in [-0.1, -0.05) is 26.7 Å². The van der Waals surface area contributed by atoms with E-state index >= 15 is 0 Å². The van der Waals surface area contributed by atoms with Crippen LogP contribution in [-0.2, 0) is 4.79 Å². The Morgan fingerprint density at radius 1 is 1.31 bits per heavy atom. The summed E-state index contributed by atoms with van der Waals surface area (Å²) in [5, 5.41) is 3.21. The molecule has 0 bridgehead atoms. The molecule has 1 amide bonds. The fourth-order valence-corrected chi connectivity index (χ4v) is 2.41. The topological polar surface area (TPSA) is 55.1 Å². The summed E-state index contributed by atoms with van der Waals surface area (Å²) in [5.74, 6) is 0.179. The number of hydrogen-bond donors (Lipinski definition) is 2. The summed E-state index contributed by atoms with van der Waals surface area (Å²) in [5.41, 5.74) is 5.47. The summed E-state index contributed by atoms with van der Waals surface area (Å²) >= 11 is 0. The first-order valence-electron chi connectivity index (χ1n) is 6.54. The van der Waals surface area contributed by atoms with Crippen LogP contribution in [0.2, 0.25) is 0 Å². The van der Waals surface area contributed by atoms with Gasteiger partial charge in [-0.05, 0) is 32.6 Å². The van der Waals surface area contributed by atoms with Gasteiger partial charge in [-0.2, -0.15) is 0 Å². The van der Waals surface area contributed by atoms with Crippen molar-refractivity contribution >= 4 is 5.91 Å². The molecule has 1 fully saturated rings. The smallest absolute Gasteiger partial charge is 0.227 e. The van der Waals surface area contributed by atoms with Gasteiger partial charge in [0, 0.05) is 12.1 Å². The van der Waals surface area contributed by atoms with Gasteiger partial charge in [-0.25, -0.2) is 0 Å². The lowest BCUT2D eigenvalue weighted by molar-refractivity contribution is -0.132. The van der Waals surface area contributed by atoms with Crippen LogP contribution in [0.4, 0.5) is 0 Å². The second kappa shape index (κ2) is 5.17. The SMILES string of the molecule is CCC(C)(CC)NC(=O)C1(CN)CCCC1. The highest BCUT2D eigenvalue weighted by Gasteiger charge is 2.41. The Balaban J connectivity index is 2.70. The van der Waals surface area contributed by atoms with Gasteiger partial charge >= 0.3 is 0 Å². The summed E-state index contributed by atoms with van der Waals surface area (Å²) in [6, 6.07) is 0. The standard InChI is InChI=1S/C13H26N2O/c1-4-12(3,5-2)15-11(16)13(10-14)8-6-7-9-13/h4-10,14H2,1-3H3,(H,15,16). The summed E-state index contributed by atoms with van der Waals surface area (Å²) in [7, 11) is 0. The van der Waals surface area contributed by atoms with Crippen LogP contribution in [0.1, 0.15) is 59.3 Å². The zero-order valence-electron chi connectivity index (χ0n) is 10.9. The minimum absolute atomic E-state index is 0.0676. The number of rotatable bonds is 5. The van der Waals surface area contributed by atoms with E-state index in [1.807, 2.05) is 0 Å². The average Bonchev–Trinajstić information content (AvgIpc) is 2.78. The molecule has 0 spiro atoms. The van der Waals surface area contributed by atoms with Crippen LogP contribution >= 0.6 is 0 Å². The van der Waals surface area contributed by atoms with Gasteiger partial charge in [0.25, 0.3) is 0 Å². The Morgan fingerprint density at radius 3 is 2.19 bits per heavy atom.